The van der Waals surface area contributed by atoms with Gasteiger partial charge in [-0.15, -0.1) is 0 Å². The van der Waals surface area contributed by atoms with Crippen LogP contribution in [0.15, 0.2) is 78.9 Å². The van der Waals surface area contributed by atoms with Gasteiger partial charge >= 0.3 is 0 Å². The van der Waals surface area contributed by atoms with Crippen LogP contribution in [0.1, 0.15) is 36.0 Å². The maximum Gasteiger partial charge on any atom is 0.219 e. The van der Waals surface area contributed by atoms with Crippen LogP contribution in [0, 0.1) is 5.82 Å². The van der Waals surface area contributed by atoms with Crippen molar-refractivity contribution in [2.24, 2.45) is 0 Å². The number of hydrogen-bond donors (Lipinski definition) is 0. The normalized spacial score (nSPS) is 11.7. The summed E-state index contributed by atoms with van der Waals surface area (Å²) >= 11 is 0. The van der Waals surface area contributed by atoms with Crippen LogP contribution in [0.25, 0.3) is 0 Å². The monoisotopic (exact) mass is 391 g/mol. The molecule has 0 aliphatic carbocycles. The molecule has 3 aromatic rings. The van der Waals surface area contributed by atoms with E-state index in [9.17, 15) is 9.18 Å². The van der Waals surface area contributed by atoms with E-state index in [0.717, 1.165) is 28.9 Å². The predicted molar refractivity (Wildman–Crippen MR) is 113 cm³/mol. The molecule has 150 valence electrons. The van der Waals surface area contributed by atoms with Crippen LogP contribution in [0.3, 0.4) is 0 Å². The van der Waals surface area contributed by atoms with Crippen LogP contribution in [-0.4, -0.2) is 24.5 Å². The molecule has 1 amide bonds. The summed E-state index contributed by atoms with van der Waals surface area (Å²) < 4.78 is 18.7. The third-order valence-electron chi connectivity index (χ3n) is 5.14. The maximum absolute atomic E-state index is 13.4. The summed E-state index contributed by atoms with van der Waals surface area (Å²) in [5.41, 5.74) is 3.24. The standard InChI is InChI=1S/C25H26FNO2/c1-19(28)27(18-20-6-4-3-5-7-20)17-16-25(21-8-12-23(26)13-9-21)22-10-14-24(29-2)15-11-22/h3-15,25H,16-18H2,1-2H3/t25-/m1/s1. The van der Waals surface area contributed by atoms with E-state index < -0.39 is 0 Å². The number of hydrogen-bond acceptors (Lipinski definition) is 2. The Morgan fingerprint density at radius 2 is 1.52 bits per heavy atom. The SMILES string of the molecule is COc1ccc([C@H](CCN(Cc2ccccc2)C(C)=O)c2ccc(F)cc2)cc1. The summed E-state index contributed by atoms with van der Waals surface area (Å²) in [7, 11) is 1.64. The van der Waals surface area contributed by atoms with Crippen molar-refractivity contribution in [2.75, 3.05) is 13.7 Å². The fraction of sp³-hybridized carbons (Fsp3) is 0.240. The average Bonchev–Trinajstić information content (AvgIpc) is 2.75. The lowest BCUT2D eigenvalue weighted by atomic mass is 9.88. The van der Waals surface area contributed by atoms with E-state index in [1.165, 1.54) is 12.1 Å². The fourth-order valence-corrected chi connectivity index (χ4v) is 3.49. The van der Waals surface area contributed by atoms with Crippen molar-refractivity contribution in [1.29, 1.82) is 0 Å². The highest BCUT2D eigenvalue weighted by Gasteiger charge is 2.18. The fourth-order valence-electron chi connectivity index (χ4n) is 3.49. The van der Waals surface area contributed by atoms with Gasteiger partial charge in [-0.3, -0.25) is 4.79 Å². The van der Waals surface area contributed by atoms with Crippen LogP contribution in [0.4, 0.5) is 4.39 Å². The molecule has 0 saturated heterocycles. The van der Waals surface area contributed by atoms with Gasteiger partial charge in [0, 0.05) is 25.9 Å². The number of halogens is 1. The molecule has 1 atom stereocenters. The average molecular weight is 391 g/mol. The van der Waals surface area contributed by atoms with Crippen molar-refractivity contribution >= 4 is 5.91 Å². The minimum absolute atomic E-state index is 0.0430. The third-order valence-corrected chi connectivity index (χ3v) is 5.14. The zero-order chi connectivity index (χ0) is 20.6. The Hall–Kier alpha value is -3.14. The van der Waals surface area contributed by atoms with E-state index in [-0.39, 0.29) is 17.6 Å². The molecule has 3 aromatic carbocycles. The van der Waals surface area contributed by atoms with Crippen LogP contribution < -0.4 is 4.74 Å². The van der Waals surface area contributed by atoms with E-state index in [1.54, 1.807) is 14.0 Å². The first-order valence-electron chi connectivity index (χ1n) is 9.75. The molecule has 3 rings (SSSR count). The highest BCUT2D eigenvalue weighted by molar-refractivity contribution is 5.73. The summed E-state index contributed by atoms with van der Waals surface area (Å²) in [6.07, 6.45) is 0.740. The Morgan fingerprint density at radius 1 is 0.931 bits per heavy atom. The Kier molecular flexibility index (Phi) is 7.01. The van der Waals surface area contributed by atoms with Crippen molar-refractivity contribution in [3.05, 3.63) is 101 Å². The van der Waals surface area contributed by atoms with Gasteiger partial charge in [0.1, 0.15) is 11.6 Å². The van der Waals surface area contributed by atoms with E-state index in [0.29, 0.717) is 13.1 Å². The zero-order valence-electron chi connectivity index (χ0n) is 16.8. The lowest BCUT2D eigenvalue weighted by Crippen LogP contribution is -2.30. The number of rotatable bonds is 8. The molecule has 0 aliphatic rings. The Balaban J connectivity index is 1.81. The first-order valence-corrected chi connectivity index (χ1v) is 9.75. The molecule has 0 N–H and O–H groups in total. The molecular weight excluding hydrogens is 365 g/mol. The molecule has 0 heterocycles. The molecule has 4 heteroatoms. The summed E-state index contributed by atoms with van der Waals surface area (Å²) in [6, 6.07) is 24.5. The molecule has 0 aliphatic heterocycles. The topological polar surface area (TPSA) is 29.5 Å². The van der Waals surface area contributed by atoms with E-state index in [2.05, 4.69) is 0 Å². The zero-order valence-corrected chi connectivity index (χ0v) is 16.8. The summed E-state index contributed by atoms with van der Waals surface area (Å²) in [5.74, 6) is 0.637. The minimum atomic E-state index is -0.253. The molecule has 0 aromatic heterocycles. The van der Waals surface area contributed by atoms with Crippen molar-refractivity contribution in [2.45, 2.75) is 25.8 Å². The minimum Gasteiger partial charge on any atom is -0.497 e. The number of benzene rings is 3. The van der Waals surface area contributed by atoms with Gasteiger partial charge in [0.15, 0.2) is 0 Å². The second-order valence-corrected chi connectivity index (χ2v) is 7.09. The van der Waals surface area contributed by atoms with E-state index >= 15 is 0 Å². The summed E-state index contributed by atoms with van der Waals surface area (Å²) in [6.45, 7) is 2.79. The largest absolute Gasteiger partial charge is 0.497 e. The Labute approximate surface area is 171 Å². The molecule has 0 spiro atoms. The van der Waals surface area contributed by atoms with Crippen LogP contribution >= 0.6 is 0 Å². The molecule has 3 nitrogen and oxygen atoms in total. The van der Waals surface area contributed by atoms with E-state index in [1.807, 2.05) is 71.6 Å². The third kappa shape index (κ3) is 5.67. The van der Waals surface area contributed by atoms with Gasteiger partial charge < -0.3 is 9.64 Å². The number of nitrogens with zero attached hydrogens (tertiary/aromatic N) is 1. The summed E-state index contributed by atoms with van der Waals surface area (Å²) in [4.78, 5) is 14.1. The lowest BCUT2D eigenvalue weighted by molar-refractivity contribution is -0.129. The molecular formula is C25H26FNO2. The van der Waals surface area contributed by atoms with Crippen molar-refractivity contribution in [3.8, 4) is 5.75 Å². The highest BCUT2D eigenvalue weighted by atomic mass is 19.1. The Morgan fingerprint density at radius 3 is 2.07 bits per heavy atom. The van der Waals surface area contributed by atoms with E-state index in [4.69, 9.17) is 4.74 Å². The number of amides is 1. The van der Waals surface area contributed by atoms with Crippen molar-refractivity contribution in [3.63, 3.8) is 0 Å². The second-order valence-electron chi connectivity index (χ2n) is 7.09. The van der Waals surface area contributed by atoms with Crippen LogP contribution in [0.5, 0.6) is 5.75 Å². The first-order chi connectivity index (χ1) is 14.1. The van der Waals surface area contributed by atoms with Gasteiger partial charge in [-0.2, -0.15) is 0 Å². The van der Waals surface area contributed by atoms with Gasteiger partial charge in [0.25, 0.3) is 0 Å². The smallest absolute Gasteiger partial charge is 0.219 e. The van der Waals surface area contributed by atoms with Crippen molar-refractivity contribution < 1.29 is 13.9 Å². The van der Waals surface area contributed by atoms with Crippen molar-refractivity contribution in [1.82, 2.24) is 4.90 Å². The highest BCUT2D eigenvalue weighted by Crippen LogP contribution is 2.30. The predicted octanol–water partition coefficient (Wildman–Crippen LogP) is 5.41. The molecule has 0 fully saturated rings. The lowest BCUT2D eigenvalue weighted by Gasteiger charge is -2.25. The second kappa shape index (κ2) is 9.87. The van der Waals surface area contributed by atoms with Gasteiger partial charge in [0.2, 0.25) is 5.91 Å². The van der Waals surface area contributed by atoms with Gasteiger partial charge in [-0.1, -0.05) is 54.6 Å². The number of ether oxygens (including phenoxy) is 1. The molecule has 0 saturated carbocycles. The van der Waals surface area contributed by atoms with Crippen LogP contribution in [0.2, 0.25) is 0 Å². The van der Waals surface area contributed by atoms with Crippen LogP contribution in [-0.2, 0) is 11.3 Å². The molecule has 29 heavy (non-hydrogen) atoms. The first kappa shape index (κ1) is 20.6. The maximum atomic E-state index is 13.4. The number of carbonyl (C=O) groups is 1. The van der Waals surface area contributed by atoms with Gasteiger partial charge in [-0.05, 0) is 47.4 Å². The summed E-state index contributed by atoms with van der Waals surface area (Å²) in [5, 5.41) is 0. The van der Waals surface area contributed by atoms with Gasteiger partial charge in [0.05, 0.1) is 7.11 Å². The number of carbonyl (C=O) groups excluding carboxylic acids is 1. The Bertz CT molecular complexity index is 908. The molecule has 0 unspecified atom stereocenters. The number of methoxy groups -OCH3 is 1. The molecule has 0 bridgehead atoms. The quantitative estimate of drug-likeness (QED) is 0.514. The van der Waals surface area contributed by atoms with Gasteiger partial charge in [-0.25, -0.2) is 4.39 Å². The molecule has 0 radical (unpaired) electrons.